The molecule has 0 saturated carbocycles. The highest BCUT2D eigenvalue weighted by Gasteiger charge is 2.06. The molecule has 0 saturated heterocycles. The van der Waals surface area contributed by atoms with Crippen molar-refractivity contribution in [1.29, 1.82) is 0 Å². The Hall–Kier alpha value is -0.260. The number of unbranched alkanes of at least 4 members (excludes halogenated alkanes) is 7. The van der Waals surface area contributed by atoms with E-state index in [1.165, 1.54) is 57.8 Å². The summed E-state index contributed by atoms with van der Waals surface area (Å²) in [6, 6.07) is 4.08. The highest BCUT2D eigenvalue weighted by Crippen LogP contribution is 2.25. The molecule has 0 radical (unpaired) electrons. The van der Waals surface area contributed by atoms with Gasteiger partial charge in [0.2, 0.25) is 0 Å². The molecule has 136 valence electrons. The van der Waals surface area contributed by atoms with Crippen LogP contribution in [0, 0.1) is 0 Å². The van der Waals surface area contributed by atoms with Crippen molar-refractivity contribution in [2.45, 2.75) is 81.7 Å². The van der Waals surface area contributed by atoms with Crippen molar-refractivity contribution in [3.63, 3.8) is 0 Å². The van der Waals surface area contributed by atoms with Gasteiger partial charge in [-0.05, 0) is 36.5 Å². The third-order valence-corrected chi connectivity index (χ3v) is 6.04. The molecule has 5 heteroatoms. The van der Waals surface area contributed by atoms with E-state index in [0.29, 0.717) is 4.99 Å². The lowest BCUT2D eigenvalue weighted by Crippen LogP contribution is -2.10. The summed E-state index contributed by atoms with van der Waals surface area (Å²) in [6.45, 7) is 4.49. The lowest BCUT2D eigenvalue weighted by Gasteiger charge is -2.08. The quantitative estimate of drug-likeness (QED) is 0.227. The summed E-state index contributed by atoms with van der Waals surface area (Å²) < 4.78 is 0. The van der Waals surface area contributed by atoms with E-state index >= 15 is 0 Å². The van der Waals surface area contributed by atoms with Gasteiger partial charge in [-0.1, -0.05) is 71.0 Å². The number of thioether (sulfide) groups is 2. The van der Waals surface area contributed by atoms with Crippen LogP contribution in [-0.2, 0) is 0 Å². The number of pyridine rings is 1. The van der Waals surface area contributed by atoms with Gasteiger partial charge < -0.3 is 5.73 Å². The van der Waals surface area contributed by atoms with Gasteiger partial charge in [-0.15, -0.1) is 23.5 Å². The molecule has 1 aromatic heterocycles. The Morgan fingerprint density at radius 1 is 0.875 bits per heavy atom. The molecule has 1 rings (SSSR count). The van der Waals surface area contributed by atoms with Gasteiger partial charge in [-0.3, -0.25) is 0 Å². The normalized spacial score (nSPS) is 10.9. The largest absolute Gasteiger partial charge is 0.389 e. The van der Waals surface area contributed by atoms with Crippen LogP contribution in [0.25, 0.3) is 0 Å². The monoisotopic (exact) mass is 384 g/mol. The Morgan fingerprint density at radius 2 is 1.33 bits per heavy atom. The van der Waals surface area contributed by atoms with Gasteiger partial charge >= 0.3 is 0 Å². The molecule has 0 aliphatic carbocycles. The minimum absolute atomic E-state index is 0.468. The van der Waals surface area contributed by atoms with E-state index in [0.717, 1.165) is 27.1 Å². The predicted octanol–water partition coefficient (Wildman–Crippen LogP) is 6.45. The first-order valence-electron chi connectivity index (χ1n) is 9.24. The van der Waals surface area contributed by atoms with Crippen molar-refractivity contribution < 1.29 is 0 Å². The van der Waals surface area contributed by atoms with Gasteiger partial charge in [0.1, 0.15) is 4.99 Å². The summed E-state index contributed by atoms with van der Waals surface area (Å²) in [6.07, 6.45) is 11.7. The number of aromatic nitrogens is 1. The van der Waals surface area contributed by atoms with E-state index in [1.54, 1.807) is 0 Å². The van der Waals surface area contributed by atoms with Crippen LogP contribution in [0.5, 0.6) is 0 Å². The Balaban J connectivity index is 2.49. The molecule has 2 nitrogen and oxygen atoms in total. The number of nitrogens with zero attached hydrogens (tertiary/aromatic N) is 1. The molecule has 0 aliphatic rings. The topological polar surface area (TPSA) is 38.9 Å². The second kappa shape index (κ2) is 14.0. The van der Waals surface area contributed by atoms with Gasteiger partial charge in [0.05, 0.1) is 10.1 Å². The van der Waals surface area contributed by atoms with Crippen LogP contribution in [0.3, 0.4) is 0 Å². The van der Waals surface area contributed by atoms with E-state index in [1.807, 2.05) is 35.7 Å². The van der Waals surface area contributed by atoms with Crippen LogP contribution in [0.1, 0.15) is 77.2 Å². The van der Waals surface area contributed by atoms with E-state index < -0.39 is 0 Å². The van der Waals surface area contributed by atoms with Crippen molar-refractivity contribution in [2.75, 3.05) is 11.5 Å². The van der Waals surface area contributed by atoms with Crippen molar-refractivity contribution in [3.05, 3.63) is 17.7 Å². The zero-order chi connectivity index (χ0) is 17.6. The molecule has 2 N–H and O–H groups in total. The molecule has 1 aromatic rings. The van der Waals surface area contributed by atoms with Crippen LogP contribution < -0.4 is 5.73 Å². The van der Waals surface area contributed by atoms with Crippen molar-refractivity contribution in [2.24, 2.45) is 5.73 Å². The third kappa shape index (κ3) is 9.90. The molecule has 0 unspecified atom stereocenters. The summed E-state index contributed by atoms with van der Waals surface area (Å²) in [5.41, 5.74) is 6.79. The fourth-order valence-corrected chi connectivity index (χ4v) is 4.40. The van der Waals surface area contributed by atoms with E-state index in [-0.39, 0.29) is 0 Å². The molecular weight excluding hydrogens is 352 g/mol. The lowest BCUT2D eigenvalue weighted by molar-refractivity contribution is 0.659. The molecule has 0 aliphatic heterocycles. The maximum atomic E-state index is 5.84. The summed E-state index contributed by atoms with van der Waals surface area (Å²) in [4.78, 5) is 5.25. The summed E-state index contributed by atoms with van der Waals surface area (Å²) in [5, 5.41) is 2.12. The molecule has 0 fully saturated rings. The maximum absolute atomic E-state index is 5.84. The Labute approximate surface area is 162 Å². The first-order valence-corrected chi connectivity index (χ1v) is 11.6. The van der Waals surface area contributed by atoms with Crippen molar-refractivity contribution in [1.82, 2.24) is 4.98 Å². The van der Waals surface area contributed by atoms with Crippen molar-refractivity contribution in [3.8, 4) is 0 Å². The van der Waals surface area contributed by atoms with Gasteiger partial charge in [0, 0.05) is 5.56 Å². The van der Waals surface area contributed by atoms with E-state index in [9.17, 15) is 0 Å². The van der Waals surface area contributed by atoms with Crippen LogP contribution in [-0.4, -0.2) is 21.5 Å². The second-order valence-corrected chi connectivity index (χ2v) is 8.74. The highest BCUT2D eigenvalue weighted by molar-refractivity contribution is 7.99. The fourth-order valence-electron chi connectivity index (χ4n) is 2.36. The van der Waals surface area contributed by atoms with Gasteiger partial charge in [-0.25, -0.2) is 4.98 Å². The Kier molecular flexibility index (Phi) is 12.7. The number of hydrogen-bond acceptors (Lipinski definition) is 4. The Bertz CT molecular complexity index is 478. The minimum Gasteiger partial charge on any atom is -0.389 e. The standard InChI is InChI=1S/C19H32N2S3/c1-3-5-7-9-11-13-24-18-15-16(19(20)22)14-17(21-18)23-12-10-8-6-4-2/h14-15H,3-13H2,1-2H3,(H2,20,22). The average molecular weight is 385 g/mol. The average Bonchev–Trinajstić information content (AvgIpc) is 2.57. The zero-order valence-electron chi connectivity index (χ0n) is 15.2. The molecule has 24 heavy (non-hydrogen) atoms. The first-order chi connectivity index (χ1) is 11.7. The van der Waals surface area contributed by atoms with E-state index in [2.05, 4.69) is 13.8 Å². The van der Waals surface area contributed by atoms with Crippen LogP contribution >= 0.6 is 35.7 Å². The fraction of sp³-hybridized carbons (Fsp3) is 0.684. The van der Waals surface area contributed by atoms with Gasteiger partial charge in [-0.2, -0.15) is 0 Å². The van der Waals surface area contributed by atoms with Gasteiger partial charge in [0.25, 0.3) is 0 Å². The van der Waals surface area contributed by atoms with Gasteiger partial charge in [0.15, 0.2) is 0 Å². The molecule has 0 amide bonds. The number of rotatable bonds is 14. The van der Waals surface area contributed by atoms with E-state index in [4.69, 9.17) is 22.9 Å². The number of thiocarbonyl (C=S) groups is 1. The third-order valence-electron chi connectivity index (χ3n) is 3.81. The SMILES string of the molecule is CCCCCCCSc1cc(C(N)=S)cc(SCCCCCC)n1. The molecular formula is C19H32N2S3. The molecule has 0 aromatic carbocycles. The summed E-state index contributed by atoms with van der Waals surface area (Å²) >= 11 is 8.83. The Morgan fingerprint density at radius 3 is 1.79 bits per heavy atom. The molecule has 1 heterocycles. The number of nitrogens with two attached hydrogens (primary N) is 1. The highest BCUT2D eigenvalue weighted by atomic mass is 32.2. The zero-order valence-corrected chi connectivity index (χ0v) is 17.6. The number of hydrogen-bond donors (Lipinski definition) is 1. The smallest absolute Gasteiger partial charge is 0.104 e. The summed E-state index contributed by atoms with van der Waals surface area (Å²) in [5.74, 6) is 2.24. The molecule has 0 bridgehead atoms. The van der Waals surface area contributed by atoms with Crippen LogP contribution in [0.4, 0.5) is 0 Å². The summed E-state index contributed by atoms with van der Waals surface area (Å²) in [7, 11) is 0. The lowest BCUT2D eigenvalue weighted by atomic mass is 10.2. The van der Waals surface area contributed by atoms with Crippen LogP contribution in [0.15, 0.2) is 22.2 Å². The second-order valence-electron chi connectivity index (χ2n) is 6.07. The predicted molar refractivity (Wildman–Crippen MR) is 114 cm³/mol. The maximum Gasteiger partial charge on any atom is 0.104 e. The first kappa shape index (κ1) is 21.8. The molecule has 0 spiro atoms. The van der Waals surface area contributed by atoms with Crippen LogP contribution in [0.2, 0.25) is 0 Å². The molecule has 0 atom stereocenters. The minimum atomic E-state index is 0.468. The van der Waals surface area contributed by atoms with Crippen molar-refractivity contribution >= 4 is 40.7 Å².